The van der Waals surface area contributed by atoms with Gasteiger partial charge in [-0.3, -0.25) is 4.79 Å². The maximum Gasteiger partial charge on any atom is 0.267 e. The minimum atomic E-state index is -0.0284. The molecule has 1 fully saturated rings. The second-order valence-electron chi connectivity index (χ2n) is 7.84. The third-order valence-corrected chi connectivity index (χ3v) is 5.79. The number of benzene rings is 2. The van der Waals surface area contributed by atoms with E-state index >= 15 is 0 Å². The van der Waals surface area contributed by atoms with E-state index in [0.29, 0.717) is 17.5 Å². The van der Waals surface area contributed by atoms with E-state index in [1.54, 1.807) is 0 Å². The van der Waals surface area contributed by atoms with Crippen LogP contribution in [0.1, 0.15) is 35.3 Å². The van der Waals surface area contributed by atoms with Crippen molar-refractivity contribution in [1.82, 2.24) is 10.3 Å². The molecule has 1 saturated carbocycles. The number of aryl methyl sites for hydroxylation is 1. The minimum absolute atomic E-state index is 0.0284. The van der Waals surface area contributed by atoms with E-state index in [-0.39, 0.29) is 5.91 Å². The Bertz CT molecular complexity index is 942. The van der Waals surface area contributed by atoms with Crippen LogP contribution in [-0.4, -0.2) is 24.0 Å². The minimum Gasteiger partial charge on any atom is -0.351 e. The molecule has 4 rings (SSSR count). The maximum atomic E-state index is 12.5. The van der Waals surface area contributed by atoms with Gasteiger partial charge >= 0.3 is 0 Å². The maximum absolute atomic E-state index is 12.5. The molecule has 2 aromatic carbocycles. The van der Waals surface area contributed by atoms with Gasteiger partial charge in [0.15, 0.2) is 0 Å². The van der Waals surface area contributed by atoms with Crippen molar-refractivity contribution in [2.24, 2.45) is 17.6 Å². The van der Waals surface area contributed by atoms with Gasteiger partial charge in [0, 0.05) is 17.4 Å². The Labute approximate surface area is 160 Å². The fourth-order valence-corrected chi connectivity index (χ4v) is 4.09. The Hall–Kier alpha value is -2.59. The van der Waals surface area contributed by atoms with Crippen molar-refractivity contribution in [2.45, 2.75) is 26.2 Å². The summed E-state index contributed by atoms with van der Waals surface area (Å²) in [6.45, 7) is 3.58. The smallest absolute Gasteiger partial charge is 0.267 e. The van der Waals surface area contributed by atoms with Crippen LogP contribution in [0, 0.1) is 18.8 Å². The van der Waals surface area contributed by atoms with Crippen LogP contribution in [0.4, 0.5) is 0 Å². The summed E-state index contributed by atoms with van der Waals surface area (Å²) in [4.78, 5) is 15.8. The zero-order valence-electron chi connectivity index (χ0n) is 15.8. The van der Waals surface area contributed by atoms with Gasteiger partial charge in [0.25, 0.3) is 5.91 Å². The highest BCUT2D eigenvalue weighted by atomic mass is 16.1. The van der Waals surface area contributed by atoms with Crippen LogP contribution in [0.5, 0.6) is 0 Å². The van der Waals surface area contributed by atoms with Crippen molar-refractivity contribution in [1.29, 1.82) is 0 Å². The number of fused-ring (bicyclic) bond motifs is 1. The first kappa shape index (κ1) is 17.8. The van der Waals surface area contributed by atoms with Crippen molar-refractivity contribution in [3.8, 4) is 11.1 Å². The van der Waals surface area contributed by atoms with Crippen LogP contribution in [0.15, 0.2) is 48.5 Å². The van der Waals surface area contributed by atoms with Crippen LogP contribution in [-0.2, 0) is 0 Å². The molecule has 0 aliphatic heterocycles. The van der Waals surface area contributed by atoms with E-state index in [1.165, 1.54) is 17.5 Å². The molecule has 0 unspecified atom stereocenters. The summed E-state index contributed by atoms with van der Waals surface area (Å²) in [6, 6.07) is 16.7. The summed E-state index contributed by atoms with van der Waals surface area (Å²) in [7, 11) is 0. The monoisotopic (exact) mass is 361 g/mol. The van der Waals surface area contributed by atoms with Gasteiger partial charge in [-0.15, -0.1) is 0 Å². The molecule has 140 valence electrons. The van der Waals surface area contributed by atoms with Crippen LogP contribution in [0.25, 0.3) is 22.0 Å². The SMILES string of the molecule is Cc1ccc(-c2ccc3cc(C(=O)NC[C@H]4CC[C@@H](CN)C4)[nH]c3c2)cc1. The van der Waals surface area contributed by atoms with Gasteiger partial charge < -0.3 is 16.0 Å². The molecule has 0 spiro atoms. The van der Waals surface area contributed by atoms with Crippen molar-refractivity contribution in [3.05, 3.63) is 59.8 Å². The standard InChI is InChI=1S/C23H27N3O/c1-15-2-6-18(7-3-15)19-8-9-20-12-22(26-21(20)11-19)23(27)25-14-17-5-4-16(10-17)13-24/h2-3,6-9,11-12,16-17,26H,4-5,10,13-14,24H2,1H3,(H,25,27)/t16-,17+/m1/s1. The van der Waals surface area contributed by atoms with E-state index in [4.69, 9.17) is 5.73 Å². The summed E-state index contributed by atoms with van der Waals surface area (Å²) < 4.78 is 0. The van der Waals surface area contributed by atoms with Crippen molar-refractivity contribution in [2.75, 3.05) is 13.1 Å². The fraction of sp³-hybridized carbons (Fsp3) is 0.348. The zero-order valence-corrected chi connectivity index (χ0v) is 15.8. The zero-order chi connectivity index (χ0) is 18.8. The third-order valence-electron chi connectivity index (χ3n) is 5.79. The Morgan fingerprint density at radius 3 is 2.56 bits per heavy atom. The van der Waals surface area contributed by atoms with E-state index in [0.717, 1.165) is 42.4 Å². The largest absolute Gasteiger partial charge is 0.351 e. The average molecular weight is 361 g/mol. The molecule has 27 heavy (non-hydrogen) atoms. The summed E-state index contributed by atoms with van der Waals surface area (Å²) in [5.41, 5.74) is 10.9. The predicted octanol–water partition coefficient (Wildman–Crippen LogP) is 4.25. The van der Waals surface area contributed by atoms with Crippen LogP contribution < -0.4 is 11.1 Å². The Morgan fingerprint density at radius 1 is 1.07 bits per heavy atom. The van der Waals surface area contributed by atoms with Crippen molar-refractivity contribution >= 4 is 16.8 Å². The molecule has 2 atom stereocenters. The number of nitrogens with one attached hydrogen (secondary N) is 2. The average Bonchev–Trinajstić information content (AvgIpc) is 3.32. The van der Waals surface area contributed by atoms with E-state index in [2.05, 4.69) is 59.7 Å². The quantitative estimate of drug-likeness (QED) is 0.636. The number of carbonyl (C=O) groups is 1. The number of amides is 1. The number of rotatable bonds is 5. The van der Waals surface area contributed by atoms with Gasteiger partial charge in [0.2, 0.25) is 0 Å². The topological polar surface area (TPSA) is 70.9 Å². The first-order valence-corrected chi connectivity index (χ1v) is 9.80. The molecule has 1 aromatic heterocycles. The highest BCUT2D eigenvalue weighted by molar-refractivity contribution is 5.98. The molecule has 1 heterocycles. The molecule has 3 aromatic rings. The number of carbonyl (C=O) groups excluding carboxylic acids is 1. The molecular formula is C23H27N3O. The number of H-pyrrole nitrogens is 1. The van der Waals surface area contributed by atoms with Crippen LogP contribution in [0.2, 0.25) is 0 Å². The number of hydrogen-bond donors (Lipinski definition) is 3. The molecule has 1 aliphatic carbocycles. The Balaban J connectivity index is 1.46. The molecule has 0 bridgehead atoms. The lowest BCUT2D eigenvalue weighted by Gasteiger charge is -2.11. The van der Waals surface area contributed by atoms with E-state index in [9.17, 15) is 4.79 Å². The summed E-state index contributed by atoms with van der Waals surface area (Å²) in [5.74, 6) is 1.15. The van der Waals surface area contributed by atoms with Crippen LogP contribution >= 0.6 is 0 Å². The molecule has 0 radical (unpaired) electrons. The molecule has 4 N–H and O–H groups in total. The van der Waals surface area contributed by atoms with E-state index in [1.807, 2.05) is 6.07 Å². The molecule has 1 amide bonds. The van der Waals surface area contributed by atoms with Gasteiger partial charge in [-0.05, 0) is 67.8 Å². The molecule has 4 nitrogen and oxygen atoms in total. The van der Waals surface area contributed by atoms with Gasteiger partial charge in [0.05, 0.1) is 0 Å². The van der Waals surface area contributed by atoms with Crippen LogP contribution in [0.3, 0.4) is 0 Å². The predicted molar refractivity (Wildman–Crippen MR) is 111 cm³/mol. The summed E-state index contributed by atoms with van der Waals surface area (Å²) in [6.07, 6.45) is 3.48. The first-order chi connectivity index (χ1) is 13.1. The normalized spacial score (nSPS) is 19.5. The van der Waals surface area contributed by atoms with Crippen molar-refractivity contribution in [3.63, 3.8) is 0 Å². The fourth-order valence-electron chi connectivity index (χ4n) is 4.09. The highest BCUT2D eigenvalue weighted by Crippen LogP contribution is 2.29. The number of aromatic amines is 1. The lowest BCUT2D eigenvalue weighted by Crippen LogP contribution is -2.28. The van der Waals surface area contributed by atoms with E-state index < -0.39 is 0 Å². The second-order valence-corrected chi connectivity index (χ2v) is 7.84. The van der Waals surface area contributed by atoms with Crippen molar-refractivity contribution < 1.29 is 4.79 Å². The summed E-state index contributed by atoms with van der Waals surface area (Å²) >= 11 is 0. The van der Waals surface area contributed by atoms with Gasteiger partial charge in [0.1, 0.15) is 5.69 Å². The molecule has 4 heteroatoms. The number of aromatic nitrogens is 1. The number of nitrogens with two attached hydrogens (primary N) is 1. The lowest BCUT2D eigenvalue weighted by atomic mass is 10.0. The third kappa shape index (κ3) is 3.91. The molecule has 0 saturated heterocycles. The van der Waals surface area contributed by atoms with Gasteiger partial charge in [-0.25, -0.2) is 0 Å². The highest BCUT2D eigenvalue weighted by Gasteiger charge is 2.24. The summed E-state index contributed by atoms with van der Waals surface area (Å²) in [5, 5.41) is 4.14. The first-order valence-electron chi connectivity index (χ1n) is 9.80. The lowest BCUT2D eigenvalue weighted by molar-refractivity contribution is 0.0943. The van der Waals surface area contributed by atoms with Gasteiger partial charge in [-0.2, -0.15) is 0 Å². The number of hydrogen-bond acceptors (Lipinski definition) is 2. The Kier molecular flexibility index (Phi) is 4.99. The molecular weight excluding hydrogens is 334 g/mol. The molecule has 1 aliphatic rings. The second kappa shape index (κ2) is 7.57. The Morgan fingerprint density at radius 2 is 1.81 bits per heavy atom. The van der Waals surface area contributed by atoms with Gasteiger partial charge in [-0.1, -0.05) is 42.0 Å².